The Hall–Kier alpha value is -1.27. The summed E-state index contributed by atoms with van der Waals surface area (Å²) in [6.45, 7) is 0.417. The number of hydrogen-bond acceptors (Lipinski definition) is 4. The van der Waals surface area contributed by atoms with Crippen molar-refractivity contribution < 1.29 is 17.9 Å². The molecule has 21 heavy (non-hydrogen) atoms. The topological polar surface area (TPSA) is 55.8 Å². The Morgan fingerprint density at radius 2 is 1.86 bits per heavy atom. The van der Waals surface area contributed by atoms with Crippen LogP contribution >= 0.6 is 0 Å². The Morgan fingerprint density at radius 1 is 1.19 bits per heavy atom. The van der Waals surface area contributed by atoms with E-state index in [9.17, 15) is 8.42 Å². The molecule has 1 saturated heterocycles. The smallest absolute Gasteiger partial charge is 0.211 e. The van der Waals surface area contributed by atoms with Crippen molar-refractivity contribution in [2.75, 3.05) is 20.0 Å². The highest BCUT2D eigenvalue weighted by Gasteiger charge is 2.50. The van der Waals surface area contributed by atoms with Gasteiger partial charge in [-0.15, -0.1) is 0 Å². The second-order valence-electron chi connectivity index (χ2n) is 5.87. The molecule has 1 heterocycles. The molecule has 2 bridgehead atoms. The van der Waals surface area contributed by atoms with Crippen LogP contribution in [0.3, 0.4) is 0 Å². The predicted octanol–water partition coefficient (Wildman–Crippen LogP) is 1.89. The summed E-state index contributed by atoms with van der Waals surface area (Å²) in [6.07, 6.45) is 4.36. The summed E-state index contributed by atoms with van der Waals surface area (Å²) in [4.78, 5) is 0. The van der Waals surface area contributed by atoms with Gasteiger partial charge in [0.2, 0.25) is 10.0 Å². The molecule has 0 amide bonds. The molecule has 2 fully saturated rings. The molecule has 2 aliphatic rings. The molecule has 0 spiro atoms. The minimum atomic E-state index is -3.16. The van der Waals surface area contributed by atoms with E-state index in [1.807, 2.05) is 24.3 Å². The third-order valence-electron chi connectivity index (χ3n) is 4.54. The molecular formula is C15H21NO4S. The van der Waals surface area contributed by atoms with Gasteiger partial charge in [-0.05, 0) is 49.4 Å². The predicted molar refractivity (Wildman–Crippen MR) is 80.1 cm³/mol. The number of benzene rings is 1. The number of nitrogens with zero attached hydrogens (tertiary/aromatic N) is 1. The van der Waals surface area contributed by atoms with Gasteiger partial charge in [0.25, 0.3) is 0 Å². The number of piperidine rings is 1. The van der Waals surface area contributed by atoms with Crippen LogP contribution in [0.5, 0.6) is 11.5 Å². The maximum atomic E-state index is 12.0. The highest BCUT2D eigenvalue weighted by molar-refractivity contribution is 7.88. The SMILES string of the molecule is COc1ccc(OC[C@H]2C3CCC(C3)N2S(C)(=O)=O)cc1. The van der Waals surface area contributed by atoms with Crippen LogP contribution in [0.4, 0.5) is 0 Å². The fourth-order valence-electron chi connectivity index (χ4n) is 3.63. The summed E-state index contributed by atoms with van der Waals surface area (Å²) >= 11 is 0. The summed E-state index contributed by atoms with van der Waals surface area (Å²) in [5.41, 5.74) is 0. The van der Waals surface area contributed by atoms with E-state index in [-0.39, 0.29) is 12.1 Å². The van der Waals surface area contributed by atoms with E-state index >= 15 is 0 Å². The zero-order chi connectivity index (χ0) is 15.0. The van der Waals surface area contributed by atoms with E-state index in [4.69, 9.17) is 9.47 Å². The van der Waals surface area contributed by atoms with Crippen molar-refractivity contribution in [3.8, 4) is 11.5 Å². The minimum Gasteiger partial charge on any atom is -0.497 e. The van der Waals surface area contributed by atoms with Gasteiger partial charge in [-0.3, -0.25) is 0 Å². The highest BCUT2D eigenvalue weighted by Crippen LogP contribution is 2.43. The fourth-order valence-corrected chi connectivity index (χ4v) is 5.09. The number of sulfonamides is 1. The van der Waals surface area contributed by atoms with Crippen LogP contribution in [0.1, 0.15) is 19.3 Å². The molecule has 1 saturated carbocycles. The summed E-state index contributed by atoms with van der Waals surface area (Å²) in [6, 6.07) is 7.51. The van der Waals surface area contributed by atoms with Crippen LogP contribution in [0.15, 0.2) is 24.3 Å². The number of rotatable bonds is 5. The van der Waals surface area contributed by atoms with Gasteiger partial charge >= 0.3 is 0 Å². The largest absolute Gasteiger partial charge is 0.497 e. The molecule has 1 aliphatic carbocycles. The Kier molecular flexibility index (Phi) is 3.84. The maximum Gasteiger partial charge on any atom is 0.211 e. The average Bonchev–Trinajstić information content (AvgIpc) is 3.05. The molecule has 5 nitrogen and oxygen atoms in total. The second kappa shape index (κ2) is 5.50. The molecule has 116 valence electrons. The number of fused-ring (bicyclic) bond motifs is 2. The van der Waals surface area contributed by atoms with Crippen molar-refractivity contribution >= 4 is 10.0 Å². The third kappa shape index (κ3) is 2.87. The highest BCUT2D eigenvalue weighted by atomic mass is 32.2. The molecule has 3 rings (SSSR count). The molecule has 1 aliphatic heterocycles. The van der Waals surface area contributed by atoms with Crippen LogP contribution in [0, 0.1) is 5.92 Å². The van der Waals surface area contributed by atoms with Crippen LogP contribution in [0.25, 0.3) is 0 Å². The molecule has 0 aromatic heterocycles. The van der Waals surface area contributed by atoms with Gasteiger partial charge in [0.15, 0.2) is 0 Å². The average molecular weight is 311 g/mol. The minimum absolute atomic E-state index is 0.0270. The number of methoxy groups -OCH3 is 1. The second-order valence-corrected chi connectivity index (χ2v) is 7.76. The van der Waals surface area contributed by atoms with Gasteiger partial charge in [0.1, 0.15) is 18.1 Å². The van der Waals surface area contributed by atoms with Gasteiger partial charge in [-0.1, -0.05) is 0 Å². The lowest BCUT2D eigenvalue weighted by atomic mass is 10.0. The van der Waals surface area contributed by atoms with Crippen molar-refractivity contribution in [3.05, 3.63) is 24.3 Å². The lowest BCUT2D eigenvalue weighted by molar-refractivity contribution is 0.163. The van der Waals surface area contributed by atoms with E-state index in [1.165, 1.54) is 6.26 Å². The molecular weight excluding hydrogens is 290 g/mol. The monoisotopic (exact) mass is 311 g/mol. The molecule has 1 aromatic rings. The normalized spacial score (nSPS) is 28.8. The Balaban J connectivity index is 1.68. The lowest BCUT2D eigenvalue weighted by Crippen LogP contribution is -2.47. The van der Waals surface area contributed by atoms with Crippen LogP contribution in [-0.2, 0) is 10.0 Å². The summed E-state index contributed by atoms with van der Waals surface area (Å²) < 4.78 is 36.5. The number of ether oxygens (including phenoxy) is 2. The maximum absolute atomic E-state index is 12.0. The van der Waals surface area contributed by atoms with Crippen molar-refractivity contribution in [2.45, 2.75) is 31.3 Å². The first kappa shape index (κ1) is 14.7. The van der Waals surface area contributed by atoms with Crippen molar-refractivity contribution in [2.24, 2.45) is 5.92 Å². The van der Waals surface area contributed by atoms with E-state index in [1.54, 1.807) is 11.4 Å². The van der Waals surface area contributed by atoms with E-state index in [0.717, 1.165) is 30.8 Å². The zero-order valence-corrected chi connectivity index (χ0v) is 13.2. The molecule has 0 N–H and O–H groups in total. The molecule has 1 aromatic carbocycles. The Labute approximate surface area is 125 Å². The van der Waals surface area contributed by atoms with Gasteiger partial charge in [0, 0.05) is 6.04 Å². The fraction of sp³-hybridized carbons (Fsp3) is 0.600. The third-order valence-corrected chi connectivity index (χ3v) is 5.87. The first-order valence-corrected chi connectivity index (χ1v) is 9.09. The van der Waals surface area contributed by atoms with Crippen molar-refractivity contribution in [1.29, 1.82) is 0 Å². The zero-order valence-electron chi connectivity index (χ0n) is 12.4. The van der Waals surface area contributed by atoms with E-state index < -0.39 is 10.0 Å². The van der Waals surface area contributed by atoms with Gasteiger partial charge < -0.3 is 9.47 Å². The van der Waals surface area contributed by atoms with Crippen LogP contribution < -0.4 is 9.47 Å². The van der Waals surface area contributed by atoms with E-state index in [2.05, 4.69) is 0 Å². The number of hydrogen-bond donors (Lipinski definition) is 0. The molecule has 3 atom stereocenters. The molecule has 0 radical (unpaired) electrons. The summed E-state index contributed by atoms with van der Waals surface area (Å²) in [7, 11) is -1.54. The molecule has 6 heteroatoms. The lowest BCUT2D eigenvalue weighted by Gasteiger charge is -2.33. The van der Waals surface area contributed by atoms with Gasteiger partial charge in [0.05, 0.1) is 19.4 Å². The van der Waals surface area contributed by atoms with Gasteiger partial charge in [-0.25, -0.2) is 8.42 Å². The summed E-state index contributed by atoms with van der Waals surface area (Å²) in [5.74, 6) is 1.95. The Morgan fingerprint density at radius 3 is 2.48 bits per heavy atom. The van der Waals surface area contributed by atoms with Gasteiger partial charge in [-0.2, -0.15) is 4.31 Å². The van der Waals surface area contributed by atoms with Crippen LogP contribution in [0.2, 0.25) is 0 Å². The Bertz CT molecular complexity index is 599. The van der Waals surface area contributed by atoms with Crippen LogP contribution in [-0.4, -0.2) is 44.8 Å². The van der Waals surface area contributed by atoms with Crippen molar-refractivity contribution in [1.82, 2.24) is 4.31 Å². The quantitative estimate of drug-likeness (QED) is 0.833. The first-order valence-electron chi connectivity index (χ1n) is 7.24. The van der Waals surface area contributed by atoms with Crippen molar-refractivity contribution in [3.63, 3.8) is 0 Å². The first-order chi connectivity index (χ1) is 9.99. The summed E-state index contributed by atoms with van der Waals surface area (Å²) in [5, 5.41) is 0. The standard InChI is InChI=1S/C15H21NO4S/c1-19-13-5-7-14(8-6-13)20-10-15-11-3-4-12(9-11)16(15)21(2,17)18/h5-8,11-12,15H,3-4,9-10H2,1-2H3/t11?,12?,15-/m0/s1. The molecule has 2 unspecified atom stereocenters. The van der Waals surface area contributed by atoms with E-state index in [0.29, 0.717) is 12.5 Å².